The second-order valence-electron chi connectivity index (χ2n) is 5.35. The van der Waals surface area contributed by atoms with Gasteiger partial charge in [-0.3, -0.25) is 0 Å². The summed E-state index contributed by atoms with van der Waals surface area (Å²) < 4.78 is 38.1. The van der Waals surface area contributed by atoms with E-state index in [0.29, 0.717) is 16.6 Å². The van der Waals surface area contributed by atoms with Gasteiger partial charge in [-0.05, 0) is 42.1 Å². The van der Waals surface area contributed by atoms with Crippen LogP contribution in [0.4, 0.5) is 24.5 Å². The molecule has 0 heterocycles. The smallest absolute Gasteiger partial charge is 0.416 e. The number of benzene rings is 3. The number of alkyl halides is 3. The van der Waals surface area contributed by atoms with Crippen LogP contribution in [0.2, 0.25) is 0 Å². The highest BCUT2D eigenvalue weighted by molar-refractivity contribution is 5.95. The maximum atomic E-state index is 12.7. The van der Waals surface area contributed by atoms with E-state index in [1.54, 1.807) is 12.1 Å². The number of fused-ring (bicyclic) bond motifs is 1. The first kappa shape index (κ1) is 16.0. The van der Waals surface area contributed by atoms with Crippen molar-refractivity contribution in [2.75, 3.05) is 0 Å². The molecule has 0 aliphatic rings. The molecule has 0 bridgehead atoms. The number of halogens is 3. The molecule has 0 saturated heterocycles. The monoisotopic (exact) mass is 330 g/mol. The number of phenolic OH excluding ortho intramolecular Hbond substituents is 1. The third-order valence-electron chi connectivity index (χ3n) is 3.66. The summed E-state index contributed by atoms with van der Waals surface area (Å²) in [5.74, 6) is -0.0398. The van der Waals surface area contributed by atoms with E-state index in [-0.39, 0.29) is 11.4 Å². The molecule has 0 unspecified atom stereocenters. The van der Waals surface area contributed by atoms with Crippen molar-refractivity contribution in [3.05, 3.63) is 65.7 Å². The summed E-state index contributed by atoms with van der Waals surface area (Å²) in [5, 5.41) is 19.7. The Morgan fingerprint density at radius 2 is 1.67 bits per heavy atom. The normalized spacial score (nSPS) is 12.2. The van der Waals surface area contributed by atoms with Gasteiger partial charge in [0, 0.05) is 5.39 Å². The molecule has 122 valence electrons. The second kappa shape index (κ2) is 5.96. The van der Waals surface area contributed by atoms with E-state index in [4.69, 9.17) is 0 Å². The Labute approximate surface area is 136 Å². The first-order valence-corrected chi connectivity index (χ1v) is 7.16. The fourth-order valence-corrected chi connectivity index (χ4v) is 2.40. The maximum Gasteiger partial charge on any atom is 0.416 e. The molecule has 1 N–H and O–H groups in total. The van der Waals surface area contributed by atoms with Gasteiger partial charge in [-0.25, -0.2) is 0 Å². The first-order valence-electron chi connectivity index (χ1n) is 7.16. The van der Waals surface area contributed by atoms with Crippen LogP contribution in [0.5, 0.6) is 5.75 Å². The van der Waals surface area contributed by atoms with Gasteiger partial charge in [0.25, 0.3) is 0 Å². The summed E-state index contributed by atoms with van der Waals surface area (Å²) in [6, 6.07) is 13.9. The number of nitrogens with zero attached hydrogens (tertiary/aromatic N) is 2. The largest absolute Gasteiger partial charge is 0.506 e. The van der Waals surface area contributed by atoms with Crippen LogP contribution < -0.4 is 0 Å². The molecule has 0 amide bonds. The second-order valence-corrected chi connectivity index (χ2v) is 5.35. The van der Waals surface area contributed by atoms with Crippen molar-refractivity contribution in [1.82, 2.24) is 0 Å². The summed E-state index contributed by atoms with van der Waals surface area (Å²) >= 11 is 0. The fraction of sp³-hybridized carbons (Fsp3) is 0.111. The van der Waals surface area contributed by atoms with E-state index in [1.807, 2.05) is 18.2 Å². The lowest BCUT2D eigenvalue weighted by Crippen LogP contribution is -2.04. The summed E-state index contributed by atoms with van der Waals surface area (Å²) in [5.41, 5.74) is 0.225. The summed E-state index contributed by atoms with van der Waals surface area (Å²) in [6.45, 7) is 1.53. The van der Waals surface area contributed by atoms with E-state index in [2.05, 4.69) is 10.2 Å². The third kappa shape index (κ3) is 3.08. The predicted molar refractivity (Wildman–Crippen MR) is 86.0 cm³/mol. The molecule has 0 spiro atoms. The number of hydrogen-bond donors (Lipinski definition) is 1. The van der Waals surface area contributed by atoms with Crippen LogP contribution in [0.1, 0.15) is 11.1 Å². The Hall–Kier alpha value is -2.89. The maximum absolute atomic E-state index is 12.7. The van der Waals surface area contributed by atoms with Crippen molar-refractivity contribution >= 4 is 22.1 Å². The molecule has 24 heavy (non-hydrogen) atoms. The van der Waals surface area contributed by atoms with Crippen LogP contribution in [0.3, 0.4) is 0 Å². The zero-order valence-electron chi connectivity index (χ0n) is 12.7. The van der Waals surface area contributed by atoms with Crippen LogP contribution in [0.25, 0.3) is 10.8 Å². The lowest BCUT2D eigenvalue weighted by Gasteiger charge is -2.08. The van der Waals surface area contributed by atoms with Crippen molar-refractivity contribution in [1.29, 1.82) is 0 Å². The Kier molecular flexibility index (Phi) is 3.97. The molecule has 0 fully saturated rings. The van der Waals surface area contributed by atoms with Gasteiger partial charge in [-0.1, -0.05) is 30.3 Å². The van der Waals surface area contributed by atoms with E-state index in [9.17, 15) is 18.3 Å². The van der Waals surface area contributed by atoms with Gasteiger partial charge >= 0.3 is 6.18 Å². The molecule has 3 rings (SSSR count). The van der Waals surface area contributed by atoms with Crippen molar-refractivity contribution in [2.45, 2.75) is 13.1 Å². The van der Waals surface area contributed by atoms with Crippen molar-refractivity contribution in [2.24, 2.45) is 10.2 Å². The molecular weight excluding hydrogens is 317 g/mol. The van der Waals surface area contributed by atoms with Gasteiger partial charge in [0.05, 0.1) is 11.3 Å². The molecule has 0 saturated carbocycles. The van der Waals surface area contributed by atoms with E-state index >= 15 is 0 Å². The standard InChI is InChI=1S/C18H13F3N2O/c1-11-10-13(18(19,20)21)7-8-15(11)22-23-17-14-5-3-2-4-12(14)6-9-16(17)24/h2-10,24H,1H3. The van der Waals surface area contributed by atoms with E-state index in [0.717, 1.165) is 17.5 Å². The third-order valence-corrected chi connectivity index (χ3v) is 3.66. The van der Waals surface area contributed by atoms with Crippen molar-refractivity contribution < 1.29 is 18.3 Å². The molecule has 0 radical (unpaired) electrons. The van der Waals surface area contributed by atoms with Crippen LogP contribution >= 0.6 is 0 Å². The highest BCUT2D eigenvalue weighted by atomic mass is 19.4. The molecule has 3 aromatic carbocycles. The average molecular weight is 330 g/mol. The van der Waals surface area contributed by atoms with Gasteiger partial charge in [0.15, 0.2) is 0 Å². The lowest BCUT2D eigenvalue weighted by atomic mass is 10.1. The van der Waals surface area contributed by atoms with Gasteiger partial charge < -0.3 is 5.11 Å². The van der Waals surface area contributed by atoms with Gasteiger partial charge in [0.2, 0.25) is 0 Å². The van der Waals surface area contributed by atoms with Gasteiger partial charge in [0.1, 0.15) is 11.4 Å². The van der Waals surface area contributed by atoms with Crippen molar-refractivity contribution in [3.8, 4) is 5.75 Å². The Balaban J connectivity index is 2.02. The SMILES string of the molecule is Cc1cc(C(F)(F)F)ccc1N=Nc1c(O)ccc2ccccc12. The molecule has 0 aliphatic carbocycles. The minimum atomic E-state index is -4.39. The molecule has 0 atom stereocenters. The Morgan fingerprint density at radius 1 is 0.917 bits per heavy atom. The molecule has 3 nitrogen and oxygen atoms in total. The number of hydrogen-bond acceptors (Lipinski definition) is 3. The lowest BCUT2D eigenvalue weighted by molar-refractivity contribution is -0.137. The fourth-order valence-electron chi connectivity index (χ4n) is 2.40. The summed E-state index contributed by atoms with van der Waals surface area (Å²) in [6.07, 6.45) is -4.39. The van der Waals surface area contributed by atoms with Gasteiger partial charge in [-0.15, -0.1) is 5.11 Å². The molecule has 6 heteroatoms. The Morgan fingerprint density at radius 3 is 2.38 bits per heavy atom. The van der Waals surface area contributed by atoms with Crippen LogP contribution in [0, 0.1) is 6.92 Å². The predicted octanol–water partition coefficient (Wildman–Crippen LogP) is 6.29. The zero-order chi connectivity index (χ0) is 17.3. The molecule has 0 aromatic heterocycles. The number of phenols is 1. The van der Waals surface area contributed by atoms with E-state index in [1.165, 1.54) is 19.1 Å². The number of azo groups is 1. The highest BCUT2D eigenvalue weighted by Crippen LogP contribution is 2.37. The average Bonchev–Trinajstić information content (AvgIpc) is 2.54. The minimum absolute atomic E-state index is 0.0398. The molecule has 3 aromatic rings. The topological polar surface area (TPSA) is 45.0 Å². The summed E-state index contributed by atoms with van der Waals surface area (Å²) in [4.78, 5) is 0. The van der Waals surface area contributed by atoms with Crippen LogP contribution in [-0.4, -0.2) is 5.11 Å². The van der Waals surface area contributed by atoms with E-state index < -0.39 is 11.7 Å². The minimum Gasteiger partial charge on any atom is -0.506 e. The van der Waals surface area contributed by atoms with Gasteiger partial charge in [-0.2, -0.15) is 18.3 Å². The quantitative estimate of drug-likeness (QED) is 0.551. The van der Waals surface area contributed by atoms with Crippen LogP contribution in [0.15, 0.2) is 64.8 Å². The number of aryl methyl sites for hydroxylation is 1. The van der Waals surface area contributed by atoms with Crippen molar-refractivity contribution in [3.63, 3.8) is 0 Å². The Bertz CT molecular complexity index is 933. The molecule has 0 aliphatic heterocycles. The molecular formula is C18H13F3N2O. The number of aromatic hydroxyl groups is 1. The highest BCUT2D eigenvalue weighted by Gasteiger charge is 2.30. The van der Waals surface area contributed by atoms with Crippen LogP contribution in [-0.2, 0) is 6.18 Å². The first-order chi connectivity index (χ1) is 11.4. The summed E-state index contributed by atoms with van der Waals surface area (Å²) in [7, 11) is 0. The number of rotatable bonds is 2. The zero-order valence-corrected chi connectivity index (χ0v) is 12.7.